The van der Waals surface area contributed by atoms with E-state index in [1.807, 2.05) is 30.3 Å². The minimum Gasteiger partial charge on any atom is -0.274 e. The first-order valence-electron chi connectivity index (χ1n) is 5.29. The number of para-hydroxylation sites is 1. The van der Waals surface area contributed by atoms with Crippen LogP contribution in [0.2, 0.25) is 0 Å². The van der Waals surface area contributed by atoms with Gasteiger partial charge in [0.15, 0.2) is 0 Å². The quantitative estimate of drug-likeness (QED) is 0.690. The fourth-order valence-corrected chi connectivity index (χ4v) is 3.71. The van der Waals surface area contributed by atoms with Crippen LogP contribution < -0.4 is 4.90 Å². The average molecular weight is 233 g/mol. The van der Waals surface area contributed by atoms with Crippen molar-refractivity contribution in [1.29, 1.82) is 0 Å². The molecule has 2 aliphatic heterocycles. The van der Waals surface area contributed by atoms with E-state index in [0.29, 0.717) is 5.69 Å². The Morgan fingerprint density at radius 1 is 1.00 bits per heavy atom. The van der Waals surface area contributed by atoms with Crippen molar-refractivity contribution < 1.29 is 9.59 Å². The second-order valence-electron chi connectivity index (χ2n) is 4.10. The third kappa shape index (κ3) is 1.29. The summed E-state index contributed by atoms with van der Waals surface area (Å²) in [6.45, 7) is 0. The molecular formula is C12H11NO2S. The van der Waals surface area contributed by atoms with Gasteiger partial charge in [-0.1, -0.05) is 18.2 Å². The zero-order chi connectivity index (χ0) is 11.1. The molecule has 0 radical (unpaired) electrons. The zero-order valence-electron chi connectivity index (χ0n) is 8.63. The van der Waals surface area contributed by atoms with Crippen LogP contribution in [0.15, 0.2) is 30.3 Å². The van der Waals surface area contributed by atoms with Crippen LogP contribution in [-0.4, -0.2) is 23.3 Å². The normalized spacial score (nSPS) is 28.6. The number of carbonyl (C=O) groups is 2. The number of thioether (sulfide) groups is 1. The highest BCUT2D eigenvalue weighted by atomic mass is 32.2. The van der Waals surface area contributed by atoms with Crippen molar-refractivity contribution >= 4 is 29.3 Å². The highest BCUT2D eigenvalue weighted by Crippen LogP contribution is 2.39. The molecule has 3 rings (SSSR count). The molecule has 82 valence electrons. The summed E-state index contributed by atoms with van der Waals surface area (Å²) >= 11 is 1.70. The third-order valence-electron chi connectivity index (χ3n) is 3.17. The van der Waals surface area contributed by atoms with Crippen LogP contribution in [0.25, 0.3) is 0 Å². The number of fused-ring (bicyclic) bond motifs is 1. The standard InChI is InChI=1S/C12H11NO2S/c14-11-9-6-16-7-10(9)12(15)13(11)8-4-2-1-3-5-8/h1-5,9-10H,6-7H2/t9-,10+. The number of hydrogen-bond acceptors (Lipinski definition) is 3. The molecule has 2 atom stereocenters. The SMILES string of the molecule is O=C1[C@H]2CSC[C@H]2C(=O)N1c1ccccc1. The first kappa shape index (κ1) is 9.90. The Balaban J connectivity index is 1.98. The summed E-state index contributed by atoms with van der Waals surface area (Å²) in [7, 11) is 0. The van der Waals surface area contributed by atoms with Gasteiger partial charge in [0.2, 0.25) is 11.8 Å². The Bertz CT molecular complexity index is 424. The van der Waals surface area contributed by atoms with Gasteiger partial charge in [-0.15, -0.1) is 0 Å². The Kier molecular flexibility index (Phi) is 2.24. The molecule has 3 nitrogen and oxygen atoms in total. The molecule has 4 heteroatoms. The number of nitrogens with zero attached hydrogens (tertiary/aromatic N) is 1. The third-order valence-corrected chi connectivity index (χ3v) is 4.36. The van der Waals surface area contributed by atoms with E-state index in [1.165, 1.54) is 4.90 Å². The van der Waals surface area contributed by atoms with Gasteiger partial charge in [-0.25, -0.2) is 0 Å². The molecule has 2 aliphatic rings. The van der Waals surface area contributed by atoms with Crippen LogP contribution in [-0.2, 0) is 9.59 Å². The number of amides is 2. The maximum absolute atomic E-state index is 12.1. The Labute approximate surface area is 97.8 Å². The second-order valence-corrected chi connectivity index (χ2v) is 5.17. The molecule has 0 spiro atoms. The molecule has 0 saturated carbocycles. The number of anilines is 1. The van der Waals surface area contributed by atoms with Gasteiger partial charge in [0.1, 0.15) is 0 Å². The first-order chi connectivity index (χ1) is 7.79. The van der Waals surface area contributed by atoms with Gasteiger partial charge in [0.25, 0.3) is 0 Å². The molecule has 1 aromatic carbocycles. The molecule has 2 heterocycles. The molecule has 0 aliphatic carbocycles. The van der Waals surface area contributed by atoms with Gasteiger partial charge < -0.3 is 0 Å². The molecule has 2 amide bonds. The van der Waals surface area contributed by atoms with Crippen LogP contribution in [0.1, 0.15) is 0 Å². The summed E-state index contributed by atoms with van der Waals surface area (Å²) in [4.78, 5) is 25.5. The lowest BCUT2D eigenvalue weighted by molar-refractivity contribution is -0.122. The molecule has 0 N–H and O–H groups in total. The van der Waals surface area contributed by atoms with Crippen molar-refractivity contribution in [1.82, 2.24) is 0 Å². The van der Waals surface area contributed by atoms with Gasteiger partial charge in [-0.3, -0.25) is 14.5 Å². The van der Waals surface area contributed by atoms with Gasteiger partial charge in [0, 0.05) is 11.5 Å². The molecule has 16 heavy (non-hydrogen) atoms. The van der Waals surface area contributed by atoms with E-state index in [-0.39, 0.29) is 23.7 Å². The number of carbonyl (C=O) groups excluding carboxylic acids is 2. The summed E-state index contributed by atoms with van der Waals surface area (Å²) in [5.74, 6) is 1.37. The predicted octanol–water partition coefficient (Wildman–Crippen LogP) is 1.54. The van der Waals surface area contributed by atoms with E-state index >= 15 is 0 Å². The molecule has 1 aromatic rings. The van der Waals surface area contributed by atoms with Crippen molar-refractivity contribution in [3.8, 4) is 0 Å². The fourth-order valence-electron chi connectivity index (χ4n) is 2.31. The van der Waals surface area contributed by atoms with E-state index in [2.05, 4.69) is 0 Å². The van der Waals surface area contributed by atoms with Crippen molar-refractivity contribution in [2.45, 2.75) is 0 Å². The lowest BCUT2D eigenvalue weighted by Gasteiger charge is -2.15. The van der Waals surface area contributed by atoms with Crippen LogP contribution in [0.4, 0.5) is 5.69 Å². The van der Waals surface area contributed by atoms with Crippen molar-refractivity contribution in [2.24, 2.45) is 11.8 Å². The minimum atomic E-state index is -0.0855. The lowest BCUT2D eigenvalue weighted by Crippen LogP contribution is -2.31. The zero-order valence-corrected chi connectivity index (χ0v) is 9.44. The summed E-state index contributed by atoms with van der Waals surface area (Å²) < 4.78 is 0. The van der Waals surface area contributed by atoms with E-state index in [4.69, 9.17) is 0 Å². The molecule has 0 aromatic heterocycles. The smallest absolute Gasteiger partial charge is 0.238 e. The maximum atomic E-state index is 12.1. The number of imide groups is 1. The van der Waals surface area contributed by atoms with Gasteiger partial charge in [-0.2, -0.15) is 11.8 Å². The minimum absolute atomic E-state index is 0.0220. The van der Waals surface area contributed by atoms with E-state index < -0.39 is 0 Å². The topological polar surface area (TPSA) is 37.4 Å². The highest BCUT2D eigenvalue weighted by molar-refractivity contribution is 7.99. The van der Waals surface area contributed by atoms with Crippen LogP contribution >= 0.6 is 11.8 Å². The van der Waals surface area contributed by atoms with Crippen LogP contribution in [0.5, 0.6) is 0 Å². The monoisotopic (exact) mass is 233 g/mol. The summed E-state index contributed by atoms with van der Waals surface area (Å²) in [6.07, 6.45) is 0. The van der Waals surface area contributed by atoms with E-state index in [9.17, 15) is 9.59 Å². The maximum Gasteiger partial charge on any atom is 0.238 e. The van der Waals surface area contributed by atoms with Crippen molar-refractivity contribution in [3.63, 3.8) is 0 Å². The van der Waals surface area contributed by atoms with Gasteiger partial charge >= 0.3 is 0 Å². The van der Waals surface area contributed by atoms with E-state index in [0.717, 1.165) is 11.5 Å². The Morgan fingerprint density at radius 2 is 1.56 bits per heavy atom. The molecule has 2 fully saturated rings. The predicted molar refractivity (Wildman–Crippen MR) is 63.2 cm³/mol. The van der Waals surface area contributed by atoms with Gasteiger partial charge in [-0.05, 0) is 12.1 Å². The first-order valence-corrected chi connectivity index (χ1v) is 6.45. The van der Waals surface area contributed by atoms with E-state index in [1.54, 1.807) is 11.8 Å². The molecule has 2 saturated heterocycles. The fraction of sp³-hybridized carbons (Fsp3) is 0.333. The Morgan fingerprint density at radius 3 is 2.12 bits per heavy atom. The highest BCUT2D eigenvalue weighted by Gasteiger charge is 2.50. The second kappa shape index (κ2) is 3.63. The van der Waals surface area contributed by atoms with Crippen molar-refractivity contribution in [2.75, 3.05) is 16.4 Å². The molecular weight excluding hydrogens is 222 g/mol. The lowest BCUT2D eigenvalue weighted by atomic mass is 10.00. The van der Waals surface area contributed by atoms with Crippen molar-refractivity contribution in [3.05, 3.63) is 30.3 Å². The summed E-state index contributed by atoms with van der Waals surface area (Å²) in [5.41, 5.74) is 0.705. The number of benzene rings is 1. The summed E-state index contributed by atoms with van der Waals surface area (Å²) in [6, 6.07) is 9.19. The van der Waals surface area contributed by atoms with Gasteiger partial charge in [0.05, 0.1) is 17.5 Å². The number of hydrogen-bond donors (Lipinski definition) is 0. The average Bonchev–Trinajstić information content (AvgIpc) is 2.86. The summed E-state index contributed by atoms with van der Waals surface area (Å²) in [5, 5.41) is 0. The molecule has 0 bridgehead atoms. The largest absolute Gasteiger partial charge is 0.274 e. The Hall–Kier alpha value is -1.29. The van der Waals surface area contributed by atoms with Crippen LogP contribution in [0, 0.1) is 11.8 Å². The molecule has 0 unspecified atom stereocenters. The van der Waals surface area contributed by atoms with Crippen LogP contribution in [0.3, 0.4) is 0 Å². The number of rotatable bonds is 1.